The Morgan fingerprint density at radius 2 is 2.00 bits per heavy atom. The van der Waals surface area contributed by atoms with Crippen LogP contribution in [-0.2, 0) is 4.79 Å². The van der Waals surface area contributed by atoms with Crippen molar-refractivity contribution in [2.75, 3.05) is 0 Å². The summed E-state index contributed by atoms with van der Waals surface area (Å²) in [7, 11) is 0. The molecule has 0 saturated heterocycles. The number of benzene rings is 1. The van der Waals surface area contributed by atoms with E-state index in [1.165, 1.54) is 0 Å². The number of aromatic amines is 1. The van der Waals surface area contributed by atoms with Crippen LogP contribution in [0.3, 0.4) is 0 Å². The Labute approximate surface area is 120 Å². The molecule has 1 aromatic carbocycles. The number of aliphatic carboxylic acids is 1. The Hall–Kier alpha value is -2.70. The van der Waals surface area contributed by atoms with Crippen LogP contribution in [0.4, 0.5) is 0 Å². The van der Waals surface area contributed by atoms with Gasteiger partial charge in [-0.1, -0.05) is 31.5 Å². The number of nitrogens with zero attached hydrogens (tertiary/aromatic N) is 1. The fourth-order valence-corrected chi connectivity index (χ4v) is 2.06. The van der Waals surface area contributed by atoms with Gasteiger partial charge in [0.05, 0.1) is 5.39 Å². The monoisotopic (exact) mass is 289 g/mol. The quantitative estimate of drug-likeness (QED) is 0.757. The highest BCUT2D eigenvalue weighted by Crippen LogP contribution is 2.12. The van der Waals surface area contributed by atoms with Gasteiger partial charge in [-0.05, 0) is 12.5 Å². The highest BCUT2D eigenvalue weighted by atomic mass is 16.4. The SMILES string of the molecule is CCC[C@H](NC(=O)c1n[nH]c(=O)c2ccccc12)C(=O)O. The summed E-state index contributed by atoms with van der Waals surface area (Å²) in [5, 5.41) is 18.2. The molecule has 0 fully saturated rings. The van der Waals surface area contributed by atoms with Gasteiger partial charge in [0.2, 0.25) is 0 Å². The first-order valence-corrected chi connectivity index (χ1v) is 6.55. The molecule has 0 bridgehead atoms. The van der Waals surface area contributed by atoms with E-state index < -0.39 is 23.5 Å². The maximum absolute atomic E-state index is 12.2. The molecular formula is C14H15N3O4. The zero-order chi connectivity index (χ0) is 15.4. The Bertz CT molecular complexity index is 738. The third-order valence-corrected chi connectivity index (χ3v) is 3.09. The molecule has 0 unspecified atom stereocenters. The first-order chi connectivity index (χ1) is 10.0. The third kappa shape index (κ3) is 3.07. The van der Waals surface area contributed by atoms with Crippen LogP contribution >= 0.6 is 0 Å². The van der Waals surface area contributed by atoms with Gasteiger partial charge >= 0.3 is 5.97 Å². The van der Waals surface area contributed by atoms with Crippen molar-refractivity contribution in [1.82, 2.24) is 15.5 Å². The lowest BCUT2D eigenvalue weighted by atomic mass is 10.1. The van der Waals surface area contributed by atoms with Gasteiger partial charge < -0.3 is 10.4 Å². The largest absolute Gasteiger partial charge is 0.480 e. The Balaban J connectivity index is 2.38. The highest BCUT2D eigenvalue weighted by molar-refractivity contribution is 6.05. The number of amides is 1. The highest BCUT2D eigenvalue weighted by Gasteiger charge is 2.22. The molecule has 1 aromatic heterocycles. The minimum atomic E-state index is -1.10. The standard InChI is InChI=1S/C14H15N3O4/c1-2-5-10(14(20)21)15-13(19)11-8-6-3-4-7-9(8)12(18)17-16-11/h3-4,6-7,10H,2,5H2,1H3,(H,15,19)(H,17,18)(H,20,21)/t10-/m0/s1. The molecule has 7 nitrogen and oxygen atoms in total. The predicted octanol–water partition coefficient (Wildman–Crippen LogP) is 0.906. The van der Waals surface area contributed by atoms with Crippen LogP contribution in [0.15, 0.2) is 29.1 Å². The Kier molecular flexibility index (Phi) is 4.32. The first-order valence-electron chi connectivity index (χ1n) is 6.55. The summed E-state index contributed by atoms with van der Waals surface area (Å²) >= 11 is 0. The van der Waals surface area contributed by atoms with Crippen molar-refractivity contribution in [3.8, 4) is 0 Å². The van der Waals surface area contributed by atoms with Crippen molar-refractivity contribution in [2.45, 2.75) is 25.8 Å². The second-order valence-electron chi connectivity index (χ2n) is 4.60. The number of carboxylic acids is 1. The summed E-state index contributed by atoms with van der Waals surface area (Å²) in [6.07, 6.45) is 0.944. The minimum Gasteiger partial charge on any atom is -0.480 e. The first kappa shape index (κ1) is 14.7. The number of rotatable bonds is 5. The van der Waals surface area contributed by atoms with E-state index in [1.54, 1.807) is 24.3 Å². The zero-order valence-electron chi connectivity index (χ0n) is 11.4. The van der Waals surface area contributed by atoms with Gasteiger partial charge in [-0.3, -0.25) is 9.59 Å². The summed E-state index contributed by atoms with van der Waals surface area (Å²) in [6.45, 7) is 1.83. The summed E-state index contributed by atoms with van der Waals surface area (Å²) in [4.78, 5) is 34.9. The van der Waals surface area contributed by atoms with Gasteiger partial charge in [0.15, 0.2) is 5.69 Å². The molecule has 1 amide bonds. The number of fused-ring (bicyclic) bond motifs is 1. The second-order valence-corrected chi connectivity index (χ2v) is 4.60. The number of hydrogen-bond donors (Lipinski definition) is 3. The Morgan fingerprint density at radius 3 is 2.62 bits per heavy atom. The van der Waals surface area contributed by atoms with E-state index in [-0.39, 0.29) is 5.69 Å². The second kappa shape index (κ2) is 6.17. The van der Waals surface area contributed by atoms with Gasteiger partial charge in [-0.15, -0.1) is 0 Å². The number of carbonyl (C=O) groups excluding carboxylic acids is 1. The van der Waals surface area contributed by atoms with Crippen molar-refractivity contribution in [2.24, 2.45) is 0 Å². The molecule has 3 N–H and O–H groups in total. The molecule has 110 valence electrons. The molecule has 1 heterocycles. The topological polar surface area (TPSA) is 112 Å². The maximum Gasteiger partial charge on any atom is 0.326 e. The zero-order valence-corrected chi connectivity index (χ0v) is 11.4. The normalized spacial score (nSPS) is 12.0. The van der Waals surface area contributed by atoms with Gasteiger partial charge in [-0.25, -0.2) is 9.89 Å². The fourth-order valence-electron chi connectivity index (χ4n) is 2.06. The number of nitrogens with one attached hydrogen (secondary N) is 2. The summed E-state index contributed by atoms with van der Waals surface area (Å²) < 4.78 is 0. The lowest BCUT2D eigenvalue weighted by molar-refractivity contribution is -0.139. The van der Waals surface area contributed by atoms with Crippen LogP contribution in [0.25, 0.3) is 10.8 Å². The number of aromatic nitrogens is 2. The lowest BCUT2D eigenvalue weighted by Gasteiger charge is -2.13. The molecule has 0 radical (unpaired) electrons. The average Bonchev–Trinajstić information content (AvgIpc) is 2.47. The van der Waals surface area contributed by atoms with Gasteiger partial charge in [0, 0.05) is 5.39 Å². The van der Waals surface area contributed by atoms with Crippen LogP contribution in [-0.4, -0.2) is 33.2 Å². The van der Waals surface area contributed by atoms with Crippen LogP contribution in [0.2, 0.25) is 0 Å². The van der Waals surface area contributed by atoms with E-state index in [2.05, 4.69) is 15.5 Å². The summed E-state index contributed by atoms with van der Waals surface area (Å²) in [5.74, 6) is -1.72. The van der Waals surface area contributed by atoms with Crippen molar-refractivity contribution in [1.29, 1.82) is 0 Å². The number of carboxylic acid groups (broad SMARTS) is 1. The van der Waals surface area contributed by atoms with Crippen molar-refractivity contribution in [3.63, 3.8) is 0 Å². The molecule has 0 aliphatic rings. The maximum atomic E-state index is 12.2. The van der Waals surface area contributed by atoms with Crippen molar-refractivity contribution >= 4 is 22.6 Å². The molecule has 0 aliphatic heterocycles. The van der Waals surface area contributed by atoms with Gasteiger partial charge in [0.1, 0.15) is 6.04 Å². The molecule has 7 heteroatoms. The van der Waals surface area contributed by atoms with Crippen LogP contribution in [0.5, 0.6) is 0 Å². The van der Waals surface area contributed by atoms with E-state index in [0.717, 1.165) is 0 Å². The van der Waals surface area contributed by atoms with Crippen LogP contribution in [0, 0.1) is 0 Å². The van der Waals surface area contributed by atoms with E-state index in [4.69, 9.17) is 5.11 Å². The van der Waals surface area contributed by atoms with Crippen LogP contribution < -0.4 is 10.9 Å². The van der Waals surface area contributed by atoms with E-state index >= 15 is 0 Å². The Morgan fingerprint density at radius 1 is 1.33 bits per heavy atom. The van der Waals surface area contributed by atoms with Crippen molar-refractivity contribution in [3.05, 3.63) is 40.3 Å². The summed E-state index contributed by atoms with van der Waals surface area (Å²) in [6, 6.07) is 5.56. The molecule has 1 atom stereocenters. The molecular weight excluding hydrogens is 274 g/mol. The van der Waals surface area contributed by atoms with Gasteiger partial charge in [-0.2, -0.15) is 5.10 Å². The predicted molar refractivity (Wildman–Crippen MR) is 76.2 cm³/mol. The fraction of sp³-hybridized carbons (Fsp3) is 0.286. The van der Waals surface area contributed by atoms with E-state index in [1.807, 2.05) is 6.92 Å². The number of hydrogen-bond acceptors (Lipinski definition) is 4. The lowest BCUT2D eigenvalue weighted by Crippen LogP contribution is -2.41. The number of H-pyrrole nitrogens is 1. The molecule has 2 aromatic rings. The molecule has 0 aliphatic carbocycles. The molecule has 2 rings (SSSR count). The average molecular weight is 289 g/mol. The van der Waals surface area contributed by atoms with Gasteiger partial charge in [0.25, 0.3) is 11.5 Å². The third-order valence-electron chi connectivity index (χ3n) is 3.09. The van der Waals surface area contributed by atoms with Crippen molar-refractivity contribution < 1.29 is 14.7 Å². The minimum absolute atomic E-state index is 0.00699. The number of carbonyl (C=O) groups is 2. The molecule has 0 spiro atoms. The molecule has 21 heavy (non-hydrogen) atoms. The smallest absolute Gasteiger partial charge is 0.326 e. The van der Waals surface area contributed by atoms with E-state index in [9.17, 15) is 14.4 Å². The van der Waals surface area contributed by atoms with E-state index in [0.29, 0.717) is 23.6 Å². The molecule has 0 saturated carbocycles. The van der Waals surface area contributed by atoms with Crippen LogP contribution in [0.1, 0.15) is 30.3 Å². The summed E-state index contributed by atoms with van der Waals surface area (Å²) in [5.41, 5.74) is -0.391.